The molecule has 36 heavy (non-hydrogen) atoms. The van der Waals surface area contributed by atoms with E-state index in [1.54, 1.807) is 19.1 Å². The number of nitrogens with one attached hydrogen (secondary N) is 1. The molecule has 12 heteroatoms. The van der Waals surface area contributed by atoms with Gasteiger partial charge in [-0.1, -0.05) is 54.7 Å². The van der Waals surface area contributed by atoms with Gasteiger partial charge in [-0.25, -0.2) is 8.42 Å². The highest BCUT2D eigenvalue weighted by Crippen LogP contribution is 2.30. The first-order chi connectivity index (χ1) is 16.7. The minimum atomic E-state index is -3.89. The molecular weight excluding hydrogens is 549 g/mol. The number of nitrogens with zero attached hydrogens (tertiary/aromatic N) is 2. The Hall–Kier alpha value is -2.20. The predicted molar refractivity (Wildman–Crippen MR) is 145 cm³/mol. The van der Waals surface area contributed by atoms with Crippen molar-refractivity contribution < 1.29 is 22.7 Å². The second kappa shape index (κ2) is 12.9. The van der Waals surface area contributed by atoms with Gasteiger partial charge in [0.1, 0.15) is 18.3 Å². The fourth-order valence-electron chi connectivity index (χ4n) is 3.29. The fourth-order valence-corrected chi connectivity index (χ4v) is 4.85. The Bertz CT molecular complexity index is 1210. The third-order valence-electron chi connectivity index (χ3n) is 5.31. The number of carbonyl (C=O) groups excluding carboxylic acids is 2. The lowest BCUT2D eigenvalue weighted by Gasteiger charge is -2.32. The molecule has 0 saturated carbocycles. The van der Waals surface area contributed by atoms with E-state index in [0.717, 1.165) is 10.6 Å². The Kier molecular flexibility index (Phi) is 10.7. The number of sulfonamides is 1. The maximum atomic E-state index is 13.6. The molecule has 0 radical (unpaired) electrons. The molecule has 0 aliphatic rings. The van der Waals surface area contributed by atoms with Crippen molar-refractivity contribution in [1.82, 2.24) is 10.2 Å². The van der Waals surface area contributed by atoms with Crippen molar-refractivity contribution in [1.29, 1.82) is 0 Å². The SMILES string of the molecule is COc1ccc(N(CC(=O)N(Cc2ccc(Cl)cc2Cl)[C@@H](C)C(=O)NCC(C)C)S(C)(=O)=O)cc1Cl. The second-order valence-electron chi connectivity index (χ2n) is 8.66. The first kappa shape index (κ1) is 30.0. The van der Waals surface area contributed by atoms with E-state index in [0.29, 0.717) is 27.9 Å². The van der Waals surface area contributed by atoms with Gasteiger partial charge >= 0.3 is 0 Å². The summed E-state index contributed by atoms with van der Waals surface area (Å²) in [4.78, 5) is 27.7. The summed E-state index contributed by atoms with van der Waals surface area (Å²) >= 11 is 18.5. The number of hydrogen-bond acceptors (Lipinski definition) is 5. The van der Waals surface area contributed by atoms with E-state index in [4.69, 9.17) is 39.5 Å². The van der Waals surface area contributed by atoms with Crippen molar-refractivity contribution in [2.45, 2.75) is 33.4 Å². The van der Waals surface area contributed by atoms with Gasteiger partial charge in [0.25, 0.3) is 0 Å². The second-order valence-corrected chi connectivity index (χ2v) is 11.8. The highest BCUT2D eigenvalue weighted by atomic mass is 35.5. The summed E-state index contributed by atoms with van der Waals surface area (Å²) in [6.45, 7) is 5.30. The molecule has 0 saturated heterocycles. The summed E-state index contributed by atoms with van der Waals surface area (Å²) in [6, 6.07) is 8.29. The number of amides is 2. The van der Waals surface area contributed by atoms with Gasteiger partial charge in [-0.3, -0.25) is 13.9 Å². The Morgan fingerprint density at radius 1 is 1.03 bits per heavy atom. The van der Waals surface area contributed by atoms with E-state index < -0.39 is 28.5 Å². The zero-order valence-electron chi connectivity index (χ0n) is 20.7. The third kappa shape index (κ3) is 8.16. The summed E-state index contributed by atoms with van der Waals surface area (Å²) in [5.41, 5.74) is 0.731. The Balaban J connectivity index is 2.43. The molecular formula is C24H30Cl3N3O5S. The monoisotopic (exact) mass is 577 g/mol. The van der Waals surface area contributed by atoms with Gasteiger partial charge in [0.15, 0.2) is 0 Å². The minimum absolute atomic E-state index is 0.0356. The summed E-state index contributed by atoms with van der Waals surface area (Å²) in [7, 11) is -2.46. The molecule has 1 atom stereocenters. The van der Waals surface area contributed by atoms with Crippen LogP contribution in [0.2, 0.25) is 15.1 Å². The molecule has 0 spiro atoms. The van der Waals surface area contributed by atoms with E-state index in [-0.39, 0.29) is 29.1 Å². The van der Waals surface area contributed by atoms with Gasteiger partial charge in [0.2, 0.25) is 21.8 Å². The van der Waals surface area contributed by atoms with Crippen LogP contribution in [0.15, 0.2) is 36.4 Å². The highest BCUT2D eigenvalue weighted by molar-refractivity contribution is 7.92. The van der Waals surface area contributed by atoms with Gasteiger partial charge in [-0.2, -0.15) is 0 Å². The Morgan fingerprint density at radius 2 is 1.69 bits per heavy atom. The van der Waals surface area contributed by atoms with Crippen molar-refractivity contribution in [2.75, 3.05) is 30.8 Å². The molecule has 2 rings (SSSR count). The van der Waals surface area contributed by atoms with Crippen molar-refractivity contribution in [2.24, 2.45) is 5.92 Å². The molecule has 0 bridgehead atoms. The largest absolute Gasteiger partial charge is 0.495 e. The maximum absolute atomic E-state index is 13.6. The van der Waals surface area contributed by atoms with E-state index >= 15 is 0 Å². The zero-order valence-corrected chi connectivity index (χ0v) is 23.8. The summed E-state index contributed by atoms with van der Waals surface area (Å²) in [5, 5.41) is 3.73. The molecule has 1 N–H and O–H groups in total. The van der Waals surface area contributed by atoms with E-state index in [1.165, 1.54) is 36.3 Å². The van der Waals surface area contributed by atoms with Crippen LogP contribution in [-0.2, 0) is 26.2 Å². The first-order valence-electron chi connectivity index (χ1n) is 11.1. The molecule has 0 aliphatic heterocycles. The van der Waals surface area contributed by atoms with Crippen LogP contribution in [0, 0.1) is 5.92 Å². The van der Waals surface area contributed by atoms with Crippen LogP contribution in [0.5, 0.6) is 5.75 Å². The quantitative estimate of drug-likeness (QED) is 0.420. The van der Waals surface area contributed by atoms with Crippen LogP contribution in [0.3, 0.4) is 0 Å². The number of methoxy groups -OCH3 is 1. The van der Waals surface area contributed by atoms with Crippen LogP contribution in [0.25, 0.3) is 0 Å². The lowest BCUT2D eigenvalue weighted by Crippen LogP contribution is -2.51. The molecule has 0 aliphatic carbocycles. The number of ether oxygens (including phenoxy) is 1. The zero-order chi connectivity index (χ0) is 27.2. The summed E-state index contributed by atoms with van der Waals surface area (Å²) < 4.78 is 31.4. The number of benzene rings is 2. The van der Waals surface area contributed by atoms with Crippen molar-refractivity contribution in [3.8, 4) is 5.75 Å². The number of hydrogen-bond donors (Lipinski definition) is 1. The van der Waals surface area contributed by atoms with Gasteiger partial charge < -0.3 is 15.0 Å². The summed E-state index contributed by atoms with van der Waals surface area (Å²) in [6.07, 6.45) is 0.984. The molecule has 0 unspecified atom stereocenters. The lowest BCUT2D eigenvalue weighted by atomic mass is 10.1. The normalized spacial score (nSPS) is 12.2. The number of anilines is 1. The van der Waals surface area contributed by atoms with Crippen molar-refractivity contribution in [3.63, 3.8) is 0 Å². The topological polar surface area (TPSA) is 96.0 Å². The highest BCUT2D eigenvalue weighted by Gasteiger charge is 2.30. The molecule has 2 aromatic carbocycles. The van der Waals surface area contributed by atoms with Crippen LogP contribution >= 0.6 is 34.8 Å². The smallest absolute Gasteiger partial charge is 0.244 e. The maximum Gasteiger partial charge on any atom is 0.244 e. The van der Waals surface area contributed by atoms with Gasteiger partial charge in [0, 0.05) is 23.1 Å². The van der Waals surface area contributed by atoms with E-state index in [2.05, 4.69) is 5.32 Å². The molecule has 0 aromatic heterocycles. The molecule has 0 heterocycles. The number of rotatable bonds is 11. The van der Waals surface area contributed by atoms with Gasteiger partial charge in [-0.05, 0) is 48.7 Å². The summed E-state index contributed by atoms with van der Waals surface area (Å²) in [5.74, 6) is -0.419. The molecule has 198 valence electrons. The van der Waals surface area contributed by atoms with E-state index in [1.807, 2.05) is 13.8 Å². The molecule has 8 nitrogen and oxygen atoms in total. The minimum Gasteiger partial charge on any atom is -0.495 e. The van der Waals surface area contributed by atoms with E-state index in [9.17, 15) is 18.0 Å². The van der Waals surface area contributed by atoms with Crippen LogP contribution in [-0.4, -0.2) is 57.6 Å². The Labute approximate surface area is 227 Å². The van der Waals surface area contributed by atoms with Crippen molar-refractivity contribution >= 4 is 62.3 Å². The third-order valence-corrected chi connectivity index (χ3v) is 7.33. The molecule has 0 fully saturated rings. The van der Waals surface area contributed by atoms with Crippen molar-refractivity contribution in [3.05, 3.63) is 57.0 Å². The van der Waals surface area contributed by atoms with Crippen LogP contribution < -0.4 is 14.4 Å². The van der Waals surface area contributed by atoms with Crippen LogP contribution in [0.1, 0.15) is 26.3 Å². The number of halogens is 3. The van der Waals surface area contributed by atoms with Gasteiger partial charge in [-0.15, -0.1) is 0 Å². The Morgan fingerprint density at radius 3 is 2.22 bits per heavy atom. The average Bonchev–Trinajstić information content (AvgIpc) is 2.79. The molecule has 2 amide bonds. The van der Waals surface area contributed by atoms with Gasteiger partial charge in [0.05, 0.1) is 24.1 Å². The van der Waals surface area contributed by atoms with Crippen LogP contribution in [0.4, 0.5) is 5.69 Å². The fraction of sp³-hybridized carbons (Fsp3) is 0.417. The predicted octanol–water partition coefficient (Wildman–Crippen LogP) is 4.61. The standard InChI is InChI=1S/C24H30Cl3N3O5S/c1-15(2)12-28-24(32)16(3)29(13-17-6-7-18(25)10-20(17)26)23(31)14-30(36(5,33)34)19-8-9-22(35-4)21(27)11-19/h6-11,15-16H,12-14H2,1-5H3,(H,28,32)/t16-/m0/s1. The first-order valence-corrected chi connectivity index (χ1v) is 14.0. The average molecular weight is 579 g/mol. The molecule has 2 aromatic rings. The lowest BCUT2D eigenvalue weighted by molar-refractivity contribution is -0.139. The number of carbonyl (C=O) groups is 2.